The smallest absolute Gasteiger partial charge is 0.338 e. The predicted octanol–water partition coefficient (Wildman–Crippen LogP) is 2.60. The number of nitrogens with one attached hydrogen (secondary N) is 1. The van der Waals surface area contributed by atoms with Gasteiger partial charge >= 0.3 is 11.9 Å². The molecule has 3 aliphatic heterocycles. The van der Waals surface area contributed by atoms with Crippen molar-refractivity contribution in [2.24, 2.45) is 10.4 Å². The first-order valence-corrected chi connectivity index (χ1v) is 14.1. The van der Waals surface area contributed by atoms with Gasteiger partial charge < -0.3 is 19.9 Å². The maximum atomic E-state index is 14.7. The number of esters is 1. The highest BCUT2D eigenvalue weighted by Crippen LogP contribution is 2.36. The summed E-state index contributed by atoms with van der Waals surface area (Å²) >= 11 is 1.42. The van der Waals surface area contributed by atoms with Gasteiger partial charge in [-0.3, -0.25) is 19.6 Å². The Morgan fingerprint density at radius 2 is 2.12 bits per heavy atom. The summed E-state index contributed by atoms with van der Waals surface area (Å²) in [6, 6.07) is 4.00. The third-order valence-electron chi connectivity index (χ3n) is 7.82. The number of aromatic nitrogens is 1. The number of ether oxygens (including phenoxy) is 2. The van der Waals surface area contributed by atoms with Crippen LogP contribution in [0.3, 0.4) is 0 Å². The third-order valence-corrected chi connectivity index (χ3v) is 8.60. The van der Waals surface area contributed by atoms with Crippen LogP contribution in [0.5, 0.6) is 0 Å². The highest BCUT2D eigenvalue weighted by molar-refractivity contribution is 7.11. The number of thiazole rings is 1. The number of carboxylic acid groups (broad SMARTS) is 1. The first-order valence-electron chi connectivity index (χ1n) is 13.2. The number of rotatable bonds is 8. The van der Waals surface area contributed by atoms with Gasteiger partial charge in [0, 0.05) is 50.0 Å². The molecule has 2 saturated heterocycles. The SMILES string of the molecule is COC(=O)C1=C(CN2CCOC3CN(CC(C)(C)C(=O)O)CC32)NC(c2nccs2)=NC1c1cccc(F)c1C. The number of aliphatic carboxylic acids is 1. The van der Waals surface area contributed by atoms with E-state index in [-0.39, 0.29) is 18.0 Å². The summed E-state index contributed by atoms with van der Waals surface area (Å²) in [6.07, 6.45) is 1.60. The lowest BCUT2D eigenvalue weighted by molar-refractivity contribution is -0.148. The van der Waals surface area contributed by atoms with Crippen LogP contribution in [-0.4, -0.2) is 96.3 Å². The molecule has 2 N–H and O–H groups in total. The summed E-state index contributed by atoms with van der Waals surface area (Å²) in [5, 5.41) is 15.5. The maximum Gasteiger partial charge on any atom is 0.338 e. The molecule has 0 radical (unpaired) electrons. The first-order chi connectivity index (χ1) is 19.1. The molecule has 3 atom stereocenters. The second-order valence-corrected chi connectivity index (χ2v) is 11.9. The number of hydrogen-bond acceptors (Lipinski definition) is 10. The molecular weight excluding hydrogens is 537 g/mol. The predicted molar refractivity (Wildman–Crippen MR) is 148 cm³/mol. The Morgan fingerprint density at radius 3 is 2.83 bits per heavy atom. The lowest BCUT2D eigenvalue weighted by Crippen LogP contribution is -2.53. The Morgan fingerprint density at radius 1 is 1.32 bits per heavy atom. The van der Waals surface area contributed by atoms with Crippen LogP contribution in [0.15, 0.2) is 46.0 Å². The average molecular weight is 572 g/mol. The van der Waals surface area contributed by atoms with Gasteiger partial charge in [-0.1, -0.05) is 12.1 Å². The molecule has 40 heavy (non-hydrogen) atoms. The van der Waals surface area contributed by atoms with Crippen LogP contribution in [0.2, 0.25) is 0 Å². The van der Waals surface area contributed by atoms with E-state index in [0.717, 1.165) is 0 Å². The number of morpholine rings is 1. The largest absolute Gasteiger partial charge is 0.481 e. The number of nitrogens with zero attached hydrogens (tertiary/aromatic N) is 4. The number of amidine groups is 1. The second-order valence-electron chi connectivity index (χ2n) is 11.0. The zero-order chi connectivity index (χ0) is 28.6. The van der Waals surface area contributed by atoms with E-state index in [9.17, 15) is 19.1 Å². The Kier molecular flexibility index (Phi) is 8.05. The number of fused-ring (bicyclic) bond motifs is 1. The molecule has 1 aromatic carbocycles. The molecule has 12 heteroatoms. The van der Waals surface area contributed by atoms with Crippen LogP contribution in [0.1, 0.15) is 36.0 Å². The normalized spacial score (nSPS) is 23.9. The van der Waals surface area contributed by atoms with E-state index in [2.05, 4.69) is 20.1 Å². The summed E-state index contributed by atoms with van der Waals surface area (Å²) in [4.78, 5) is 38.7. The van der Waals surface area contributed by atoms with Gasteiger partial charge in [0.2, 0.25) is 0 Å². The molecule has 3 aliphatic rings. The molecule has 5 rings (SSSR count). The average Bonchev–Trinajstić information content (AvgIpc) is 3.60. The fourth-order valence-electron chi connectivity index (χ4n) is 5.65. The van der Waals surface area contributed by atoms with E-state index in [1.54, 1.807) is 39.1 Å². The Labute approximate surface area is 236 Å². The second kappa shape index (κ2) is 11.4. The van der Waals surface area contributed by atoms with Crippen molar-refractivity contribution in [3.05, 3.63) is 63.0 Å². The van der Waals surface area contributed by atoms with Crippen molar-refractivity contribution < 1.29 is 28.6 Å². The standard InChI is InChI=1S/C28H34FN5O5S/c1-16-17(6-5-7-18(16)29)23-22(26(35)38-4)19(31-24(32-23)25-30-8-11-40-25)12-34-9-10-39-21-14-33(13-20(21)34)15-28(2,3)27(36)37/h5-8,11,20-21,23H,9-10,12-15H2,1-4H3,(H,31,32)(H,36,37). The molecule has 1 aromatic heterocycles. The van der Waals surface area contributed by atoms with Gasteiger partial charge in [0.15, 0.2) is 10.8 Å². The monoisotopic (exact) mass is 571 g/mol. The van der Waals surface area contributed by atoms with Crippen molar-refractivity contribution in [2.45, 2.75) is 39.0 Å². The number of carbonyl (C=O) groups excluding carboxylic acids is 1. The van der Waals surface area contributed by atoms with Crippen molar-refractivity contribution in [3.8, 4) is 0 Å². The number of halogens is 1. The summed E-state index contributed by atoms with van der Waals surface area (Å²) in [7, 11) is 1.33. The maximum absolute atomic E-state index is 14.7. The Hall–Kier alpha value is -3.19. The summed E-state index contributed by atoms with van der Waals surface area (Å²) in [6.45, 7) is 8.32. The molecule has 2 aromatic rings. The van der Waals surface area contributed by atoms with Gasteiger partial charge in [-0.25, -0.2) is 14.2 Å². The number of carbonyl (C=O) groups is 2. The molecule has 3 unspecified atom stereocenters. The van der Waals surface area contributed by atoms with Crippen LogP contribution < -0.4 is 5.32 Å². The van der Waals surface area contributed by atoms with Crippen LogP contribution in [0, 0.1) is 18.2 Å². The highest BCUT2D eigenvalue weighted by Gasteiger charge is 2.44. The summed E-state index contributed by atoms with van der Waals surface area (Å²) in [5.74, 6) is -1.25. The van der Waals surface area contributed by atoms with Crippen molar-refractivity contribution in [1.82, 2.24) is 20.1 Å². The molecule has 0 saturated carbocycles. The zero-order valence-corrected chi connectivity index (χ0v) is 23.8. The van der Waals surface area contributed by atoms with Gasteiger partial charge in [-0.05, 0) is 38.0 Å². The van der Waals surface area contributed by atoms with Gasteiger partial charge in [0.25, 0.3) is 0 Å². The van der Waals surface area contributed by atoms with Crippen LogP contribution in [-0.2, 0) is 19.1 Å². The molecule has 214 valence electrons. The van der Waals surface area contributed by atoms with Crippen molar-refractivity contribution in [1.29, 1.82) is 0 Å². The van der Waals surface area contributed by atoms with E-state index >= 15 is 0 Å². The topological polar surface area (TPSA) is 117 Å². The molecule has 0 spiro atoms. The zero-order valence-electron chi connectivity index (χ0n) is 23.0. The van der Waals surface area contributed by atoms with Crippen LogP contribution >= 0.6 is 11.3 Å². The molecule has 4 heterocycles. The fourth-order valence-corrected chi connectivity index (χ4v) is 6.24. The van der Waals surface area contributed by atoms with Gasteiger partial charge in [-0.15, -0.1) is 11.3 Å². The quantitative estimate of drug-likeness (QED) is 0.461. The van der Waals surface area contributed by atoms with Crippen molar-refractivity contribution in [3.63, 3.8) is 0 Å². The van der Waals surface area contributed by atoms with E-state index in [0.29, 0.717) is 72.6 Å². The fraction of sp³-hybridized carbons (Fsp3) is 0.500. The summed E-state index contributed by atoms with van der Waals surface area (Å²) in [5.41, 5.74) is 1.04. The van der Waals surface area contributed by atoms with Crippen molar-refractivity contribution in [2.75, 3.05) is 46.4 Å². The number of aliphatic imine (C=N–C) groups is 1. The van der Waals surface area contributed by atoms with Gasteiger partial charge in [0.05, 0.1) is 36.9 Å². The van der Waals surface area contributed by atoms with Gasteiger partial charge in [-0.2, -0.15) is 0 Å². The number of hydrogen-bond donors (Lipinski definition) is 2. The molecule has 0 aliphatic carbocycles. The number of methoxy groups -OCH3 is 1. The first kappa shape index (κ1) is 28.3. The number of benzene rings is 1. The minimum Gasteiger partial charge on any atom is -0.481 e. The van der Waals surface area contributed by atoms with E-state index in [4.69, 9.17) is 14.5 Å². The lowest BCUT2D eigenvalue weighted by Gasteiger charge is -2.38. The van der Waals surface area contributed by atoms with Crippen LogP contribution in [0.25, 0.3) is 0 Å². The number of likely N-dealkylation sites (tertiary alicyclic amines) is 1. The highest BCUT2D eigenvalue weighted by atomic mass is 32.1. The van der Waals surface area contributed by atoms with Gasteiger partial charge in [0.1, 0.15) is 11.9 Å². The minimum atomic E-state index is -0.890. The molecule has 0 bridgehead atoms. The van der Waals surface area contributed by atoms with Crippen LogP contribution in [0.4, 0.5) is 4.39 Å². The lowest BCUT2D eigenvalue weighted by atomic mass is 9.92. The molecule has 0 amide bonds. The summed E-state index contributed by atoms with van der Waals surface area (Å²) < 4.78 is 26.0. The van der Waals surface area contributed by atoms with E-state index in [1.807, 2.05) is 5.38 Å². The molecule has 2 fully saturated rings. The Bertz CT molecular complexity index is 1340. The molecule has 10 nitrogen and oxygen atoms in total. The van der Waals surface area contributed by atoms with E-state index in [1.165, 1.54) is 24.5 Å². The number of carboxylic acids is 1. The molecular formula is C28H34FN5O5S. The van der Waals surface area contributed by atoms with Crippen molar-refractivity contribution >= 4 is 29.1 Å². The third kappa shape index (κ3) is 5.53. The minimum absolute atomic E-state index is 0.00285. The Balaban J connectivity index is 1.50. The van der Waals surface area contributed by atoms with E-state index < -0.39 is 23.4 Å².